The molecule has 0 spiro atoms. The van der Waals surface area contributed by atoms with Gasteiger partial charge in [0.2, 0.25) is 0 Å². The molecule has 0 aliphatic carbocycles. The molecule has 0 aromatic rings. The molecule has 0 radical (unpaired) electrons. The lowest BCUT2D eigenvalue weighted by molar-refractivity contribution is -0.888. The Labute approximate surface area is 194 Å². The van der Waals surface area contributed by atoms with Crippen LogP contribution < -0.4 is 34.0 Å². The minimum absolute atomic E-state index is 0. The summed E-state index contributed by atoms with van der Waals surface area (Å²) in [4.78, 5) is 0. The molecule has 0 aromatic heterocycles. The van der Waals surface area contributed by atoms with Crippen LogP contribution in [0.4, 0.5) is 0 Å². The van der Waals surface area contributed by atoms with Gasteiger partial charge in [-0.3, -0.25) is 0 Å². The summed E-state index contributed by atoms with van der Waals surface area (Å²) in [6.45, 7) is 9.87. The minimum atomic E-state index is 0. The van der Waals surface area contributed by atoms with Gasteiger partial charge in [0.15, 0.2) is 0 Å². The lowest BCUT2D eigenvalue weighted by Gasteiger charge is -2.30. The first-order valence-electron chi connectivity index (χ1n) is 10.2. The van der Waals surface area contributed by atoms with Gasteiger partial charge in [0.05, 0.1) is 65.9 Å². The molecule has 0 fully saturated rings. The number of nitrogens with zero attached hydrogens (tertiary/aromatic N) is 2. The van der Waals surface area contributed by atoms with Crippen molar-refractivity contribution in [3.63, 3.8) is 0 Å². The minimum Gasteiger partial charge on any atom is -1.00 e. The Bertz CT molecular complexity index is 263. The summed E-state index contributed by atoms with van der Waals surface area (Å²) < 4.78 is 2.38. The molecular formula is C20H46Br2N2S2. The summed E-state index contributed by atoms with van der Waals surface area (Å²) in [7, 11) is 13.8. The zero-order valence-electron chi connectivity index (χ0n) is 18.4. The summed E-state index contributed by atoms with van der Waals surface area (Å²) in [6, 6.07) is 0. The van der Waals surface area contributed by atoms with Gasteiger partial charge in [0.25, 0.3) is 0 Å². The number of quaternary nitrogens is 2. The van der Waals surface area contributed by atoms with Crippen LogP contribution in [0.15, 0.2) is 0 Å². The van der Waals surface area contributed by atoms with Crippen LogP contribution in [-0.2, 0) is 0 Å². The van der Waals surface area contributed by atoms with Crippen LogP contribution in [-0.4, -0.2) is 74.8 Å². The molecule has 0 saturated heterocycles. The highest BCUT2D eigenvalue weighted by Crippen LogP contribution is 2.22. The predicted molar refractivity (Wildman–Crippen MR) is 117 cm³/mol. The van der Waals surface area contributed by atoms with Crippen LogP contribution in [0.5, 0.6) is 0 Å². The van der Waals surface area contributed by atoms with Crippen molar-refractivity contribution in [1.29, 1.82) is 0 Å². The molecule has 0 atom stereocenters. The molecule has 0 N–H and O–H groups in total. The Hall–Kier alpha value is 1.58. The molecule has 0 unspecified atom stereocenters. The second-order valence-electron chi connectivity index (χ2n) is 8.53. The maximum Gasteiger partial charge on any atom is 0.0882 e. The fraction of sp³-hybridized carbons (Fsp3) is 1.00. The standard InChI is InChI=1S/C20H46N2S2.2BrH/c1-7-9-11-13-15-21(3,4)17-19-23-24-20-18-22(5,6)16-14-12-10-8-2;;/h7-20H2,1-6H3;2*1H/q+2;;/p-2. The molecule has 0 bridgehead atoms. The van der Waals surface area contributed by atoms with E-state index in [4.69, 9.17) is 0 Å². The molecule has 0 saturated carbocycles. The van der Waals surface area contributed by atoms with Crippen molar-refractivity contribution in [2.75, 3.05) is 65.9 Å². The summed E-state index contributed by atoms with van der Waals surface area (Å²) in [5.41, 5.74) is 0. The lowest BCUT2D eigenvalue weighted by Crippen LogP contribution is -3.00. The van der Waals surface area contributed by atoms with Gasteiger partial charge in [-0.1, -0.05) is 61.1 Å². The molecule has 0 rings (SSSR count). The van der Waals surface area contributed by atoms with Crippen molar-refractivity contribution in [1.82, 2.24) is 0 Å². The van der Waals surface area contributed by atoms with E-state index >= 15 is 0 Å². The van der Waals surface area contributed by atoms with Crippen LogP contribution in [0, 0.1) is 0 Å². The van der Waals surface area contributed by atoms with E-state index < -0.39 is 0 Å². The third kappa shape index (κ3) is 21.9. The second kappa shape index (κ2) is 19.9. The highest BCUT2D eigenvalue weighted by atomic mass is 79.9. The van der Waals surface area contributed by atoms with Gasteiger partial charge in [-0.2, -0.15) is 0 Å². The Balaban J connectivity index is -0.00000264. The third-order valence-electron chi connectivity index (χ3n) is 4.88. The van der Waals surface area contributed by atoms with Crippen molar-refractivity contribution in [3.8, 4) is 0 Å². The summed E-state index contributed by atoms with van der Waals surface area (Å²) >= 11 is 0. The molecule has 6 heteroatoms. The van der Waals surface area contributed by atoms with E-state index in [2.05, 4.69) is 63.6 Å². The highest BCUT2D eigenvalue weighted by Gasteiger charge is 2.16. The average Bonchev–Trinajstić information content (AvgIpc) is 2.51. The van der Waals surface area contributed by atoms with Crippen molar-refractivity contribution in [2.45, 2.75) is 65.2 Å². The van der Waals surface area contributed by atoms with E-state index in [1.165, 1.54) is 98.0 Å². The Morgan fingerprint density at radius 2 is 0.846 bits per heavy atom. The summed E-state index contributed by atoms with van der Waals surface area (Å²) in [6.07, 6.45) is 11.1. The van der Waals surface area contributed by atoms with Crippen molar-refractivity contribution < 1.29 is 42.9 Å². The van der Waals surface area contributed by atoms with Crippen LogP contribution in [0.2, 0.25) is 0 Å². The van der Waals surface area contributed by atoms with Gasteiger partial charge in [-0.05, 0) is 25.7 Å². The Morgan fingerprint density at radius 3 is 1.15 bits per heavy atom. The predicted octanol–water partition coefficient (Wildman–Crippen LogP) is -0.311. The number of hydrogen-bond donors (Lipinski definition) is 0. The number of hydrogen-bond acceptors (Lipinski definition) is 2. The first-order valence-corrected chi connectivity index (χ1v) is 12.7. The number of rotatable bonds is 17. The molecule has 0 heterocycles. The van der Waals surface area contributed by atoms with E-state index in [1.54, 1.807) is 0 Å². The first-order chi connectivity index (χ1) is 11.3. The van der Waals surface area contributed by atoms with Crippen LogP contribution in [0.25, 0.3) is 0 Å². The number of halogens is 2. The van der Waals surface area contributed by atoms with Gasteiger partial charge in [-0.25, -0.2) is 0 Å². The molecule has 0 aliphatic heterocycles. The van der Waals surface area contributed by atoms with Gasteiger partial charge >= 0.3 is 0 Å². The Kier molecular flexibility index (Phi) is 24.7. The average molecular weight is 539 g/mol. The third-order valence-corrected chi connectivity index (χ3v) is 7.24. The summed E-state index contributed by atoms with van der Waals surface area (Å²) in [5, 5.41) is 0. The molecule has 2 nitrogen and oxygen atoms in total. The molecule has 0 aliphatic rings. The van der Waals surface area contributed by atoms with Gasteiger partial charge in [0, 0.05) is 0 Å². The first kappa shape index (κ1) is 32.3. The van der Waals surface area contributed by atoms with Crippen LogP contribution in [0.1, 0.15) is 65.2 Å². The van der Waals surface area contributed by atoms with Crippen molar-refractivity contribution in [2.24, 2.45) is 0 Å². The fourth-order valence-corrected chi connectivity index (χ4v) is 5.37. The van der Waals surface area contributed by atoms with Crippen LogP contribution >= 0.6 is 21.6 Å². The second-order valence-corrected chi connectivity index (χ2v) is 11.2. The largest absolute Gasteiger partial charge is 1.00 e. The molecule has 162 valence electrons. The van der Waals surface area contributed by atoms with E-state index in [9.17, 15) is 0 Å². The number of unbranched alkanes of at least 4 members (excludes halogenated alkanes) is 6. The molecule has 0 amide bonds. The van der Waals surface area contributed by atoms with Gasteiger partial charge in [0.1, 0.15) is 0 Å². The maximum atomic E-state index is 2.40. The monoisotopic (exact) mass is 536 g/mol. The van der Waals surface area contributed by atoms with Gasteiger partial charge in [-0.15, -0.1) is 0 Å². The van der Waals surface area contributed by atoms with E-state index in [0.717, 1.165) is 0 Å². The molecule has 26 heavy (non-hydrogen) atoms. The van der Waals surface area contributed by atoms with E-state index in [1.807, 2.05) is 0 Å². The topological polar surface area (TPSA) is 0 Å². The van der Waals surface area contributed by atoms with E-state index in [-0.39, 0.29) is 34.0 Å². The smallest absolute Gasteiger partial charge is 0.0882 e. The van der Waals surface area contributed by atoms with Gasteiger partial charge < -0.3 is 42.9 Å². The van der Waals surface area contributed by atoms with E-state index in [0.29, 0.717) is 0 Å². The molecular weight excluding hydrogens is 492 g/mol. The fourth-order valence-electron chi connectivity index (χ4n) is 2.84. The van der Waals surface area contributed by atoms with Crippen molar-refractivity contribution >= 4 is 21.6 Å². The van der Waals surface area contributed by atoms with Crippen molar-refractivity contribution in [3.05, 3.63) is 0 Å². The molecule has 0 aromatic carbocycles. The highest BCUT2D eigenvalue weighted by molar-refractivity contribution is 8.76. The Morgan fingerprint density at radius 1 is 0.500 bits per heavy atom. The zero-order valence-corrected chi connectivity index (χ0v) is 23.2. The zero-order chi connectivity index (χ0) is 18.3. The van der Waals surface area contributed by atoms with Crippen LogP contribution in [0.3, 0.4) is 0 Å². The summed E-state index contributed by atoms with van der Waals surface area (Å²) in [5.74, 6) is 2.57. The normalized spacial score (nSPS) is 11.8. The SMILES string of the molecule is CCCCCC[N+](C)(C)CCSSCC[N+](C)(C)CCCCCC.[Br-].[Br-]. The maximum absolute atomic E-state index is 2.40. The quantitative estimate of drug-likeness (QED) is 0.142. The lowest BCUT2D eigenvalue weighted by atomic mass is 10.2.